The first-order valence-electron chi connectivity index (χ1n) is 7.60. The standard InChI is InChI=1S/C17H20N2O2/c1-2-21-17(20)14-10-13-11-15(6-7-16(13)18-12-14)19-8-4-3-5-9-19/h6-7,10-12H,2-5,8-9H2,1H3. The average Bonchev–Trinajstić information content (AvgIpc) is 2.55. The molecule has 1 aromatic heterocycles. The van der Waals surface area contributed by atoms with Gasteiger partial charge < -0.3 is 9.64 Å². The molecule has 1 aliphatic rings. The normalized spacial score (nSPS) is 15.2. The Morgan fingerprint density at radius 3 is 2.81 bits per heavy atom. The number of hydrogen-bond acceptors (Lipinski definition) is 4. The highest BCUT2D eigenvalue weighted by Crippen LogP contribution is 2.24. The van der Waals surface area contributed by atoms with Crippen molar-refractivity contribution in [1.29, 1.82) is 0 Å². The van der Waals surface area contributed by atoms with Crippen LogP contribution in [0.4, 0.5) is 5.69 Å². The number of fused-ring (bicyclic) bond motifs is 1. The smallest absolute Gasteiger partial charge is 0.339 e. The minimum absolute atomic E-state index is 0.310. The van der Waals surface area contributed by atoms with E-state index in [0.29, 0.717) is 12.2 Å². The average molecular weight is 284 g/mol. The number of esters is 1. The predicted octanol–water partition coefficient (Wildman–Crippen LogP) is 3.40. The first-order valence-corrected chi connectivity index (χ1v) is 7.60. The maximum atomic E-state index is 11.8. The second-order valence-electron chi connectivity index (χ2n) is 5.37. The zero-order valence-corrected chi connectivity index (χ0v) is 12.3. The lowest BCUT2D eigenvalue weighted by Gasteiger charge is -2.29. The summed E-state index contributed by atoms with van der Waals surface area (Å²) in [6.07, 6.45) is 5.40. The molecule has 0 amide bonds. The topological polar surface area (TPSA) is 42.4 Å². The van der Waals surface area contributed by atoms with E-state index in [1.165, 1.54) is 24.9 Å². The first-order chi connectivity index (χ1) is 10.3. The largest absolute Gasteiger partial charge is 0.462 e. The lowest BCUT2D eigenvalue weighted by atomic mass is 10.1. The van der Waals surface area contributed by atoms with Crippen molar-refractivity contribution in [3.8, 4) is 0 Å². The van der Waals surface area contributed by atoms with Crippen molar-refractivity contribution in [2.24, 2.45) is 0 Å². The van der Waals surface area contributed by atoms with E-state index < -0.39 is 0 Å². The molecule has 0 unspecified atom stereocenters. The monoisotopic (exact) mass is 284 g/mol. The Bertz CT molecular complexity index is 648. The van der Waals surface area contributed by atoms with Gasteiger partial charge in [-0.1, -0.05) is 0 Å². The summed E-state index contributed by atoms with van der Waals surface area (Å²) in [7, 11) is 0. The second kappa shape index (κ2) is 6.12. The van der Waals surface area contributed by atoms with Crippen LogP contribution < -0.4 is 4.90 Å². The fraction of sp³-hybridized carbons (Fsp3) is 0.412. The molecular weight excluding hydrogens is 264 g/mol. The van der Waals surface area contributed by atoms with Crippen molar-refractivity contribution in [2.75, 3.05) is 24.6 Å². The zero-order chi connectivity index (χ0) is 14.7. The van der Waals surface area contributed by atoms with E-state index in [-0.39, 0.29) is 5.97 Å². The third-order valence-corrected chi connectivity index (χ3v) is 3.90. The number of hydrogen-bond donors (Lipinski definition) is 0. The molecule has 0 N–H and O–H groups in total. The lowest BCUT2D eigenvalue weighted by Crippen LogP contribution is -2.29. The van der Waals surface area contributed by atoms with Crippen LogP contribution in [-0.4, -0.2) is 30.6 Å². The van der Waals surface area contributed by atoms with E-state index in [1.807, 2.05) is 12.1 Å². The van der Waals surface area contributed by atoms with Crippen molar-refractivity contribution in [3.05, 3.63) is 36.0 Å². The highest BCUT2D eigenvalue weighted by atomic mass is 16.5. The third kappa shape index (κ3) is 2.99. The molecule has 0 aliphatic carbocycles. The first kappa shape index (κ1) is 13.9. The number of rotatable bonds is 3. The van der Waals surface area contributed by atoms with Crippen LogP contribution in [0.25, 0.3) is 10.9 Å². The summed E-state index contributed by atoms with van der Waals surface area (Å²) in [6, 6.07) is 8.13. The number of carbonyl (C=O) groups is 1. The van der Waals surface area contributed by atoms with E-state index >= 15 is 0 Å². The number of pyridine rings is 1. The summed E-state index contributed by atoms with van der Waals surface area (Å²) < 4.78 is 5.03. The van der Waals surface area contributed by atoms with Crippen LogP contribution in [0.15, 0.2) is 30.5 Å². The molecule has 21 heavy (non-hydrogen) atoms. The summed E-state index contributed by atoms with van der Waals surface area (Å²) in [5.74, 6) is -0.310. The van der Waals surface area contributed by atoms with Crippen LogP contribution in [0, 0.1) is 0 Å². The van der Waals surface area contributed by atoms with Gasteiger partial charge in [0, 0.05) is 30.4 Å². The maximum absolute atomic E-state index is 11.8. The molecule has 3 rings (SSSR count). The summed E-state index contributed by atoms with van der Waals surface area (Å²) in [4.78, 5) is 18.6. The molecule has 0 radical (unpaired) electrons. The molecule has 1 aliphatic heterocycles. The highest BCUT2D eigenvalue weighted by molar-refractivity contribution is 5.94. The van der Waals surface area contributed by atoms with E-state index in [0.717, 1.165) is 24.0 Å². The van der Waals surface area contributed by atoms with Crippen molar-refractivity contribution in [1.82, 2.24) is 4.98 Å². The molecule has 0 spiro atoms. The molecule has 0 bridgehead atoms. The van der Waals surface area contributed by atoms with Crippen molar-refractivity contribution >= 4 is 22.6 Å². The predicted molar refractivity (Wildman–Crippen MR) is 83.8 cm³/mol. The van der Waals surface area contributed by atoms with Gasteiger partial charge in [-0.3, -0.25) is 4.98 Å². The summed E-state index contributed by atoms with van der Waals surface area (Å²) >= 11 is 0. The zero-order valence-electron chi connectivity index (χ0n) is 12.3. The number of piperidine rings is 1. The van der Waals surface area contributed by atoms with Gasteiger partial charge >= 0.3 is 5.97 Å². The number of nitrogens with zero attached hydrogens (tertiary/aromatic N) is 2. The number of anilines is 1. The summed E-state index contributed by atoms with van der Waals surface area (Å²) in [5.41, 5.74) is 2.63. The van der Waals surface area contributed by atoms with Crippen molar-refractivity contribution < 1.29 is 9.53 Å². The van der Waals surface area contributed by atoms with E-state index in [9.17, 15) is 4.79 Å². The van der Waals surface area contributed by atoms with Gasteiger partial charge in [-0.05, 0) is 50.5 Å². The summed E-state index contributed by atoms with van der Waals surface area (Å²) in [6.45, 7) is 4.40. The molecule has 2 heterocycles. The fourth-order valence-electron chi connectivity index (χ4n) is 2.79. The van der Waals surface area contributed by atoms with Gasteiger partial charge in [0.05, 0.1) is 17.7 Å². The van der Waals surface area contributed by atoms with Gasteiger partial charge in [0.25, 0.3) is 0 Å². The maximum Gasteiger partial charge on any atom is 0.339 e. The van der Waals surface area contributed by atoms with E-state index in [4.69, 9.17) is 4.74 Å². The molecule has 4 heteroatoms. The molecule has 110 valence electrons. The fourth-order valence-corrected chi connectivity index (χ4v) is 2.79. The minimum atomic E-state index is -0.310. The van der Waals surface area contributed by atoms with E-state index in [2.05, 4.69) is 22.0 Å². The Morgan fingerprint density at radius 1 is 1.24 bits per heavy atom. The van der Waals surface area contributed by atoms with Gasteiger partial charge in [-0.2, -0.15) is 0 Å². The Labute approximate surface area is 124 Å². The Balaban J connectivity index is 1.93. The lowest BCUT2D eigenvalue weighted by molar-refractivity contribution is 0.0526. The third-order valence-electron chi connectivity index (χ3n) is 3.90. The molecular formula is C17H20N2O2. The van der Waals surface area contributed by atoms with Crippen LogP contribution >= 0.6 is 0 Å². The molecule has 2 aromatic rings. The molecule has 1 saturated heterocycles. The molecule has 4 nitrogen and oxygen atoms in total. The van der Waals surface area contributed by atoms with Crippen LogP contribution in [0.1, 0.15) is 36.5 Å². The molecule has 1 aromatic carbocycles. The number of carbonyl (C=O) groups excluding carboxylic acids is 1. The van der Waals surface area contributed by atoms with E-state index in [1.54, 1.807) is 13.1 Å². The molecule has 0 saturated carbocycles. The Morgan fingerprint density at radius 2 is 2.05 bits per heavy atom. The van der Waals surface area contributed by atoms with Gasteiger partial charge in [0.15, 0.2) is 0 Å². The minimum Gasteiger partial charge on any atom is -0.462 e. The number of aromatic nitrogens is 1. The van der Waals surface area contributed by atoms with Crippen LogP contribution in [0.2, 0.25) is 0 Å². The summed E-state index contributed by atoms with van der Waals surface area (Å²) in [5, 5.41) is 0.989. The van der Waals surface area contributed by atoms with Crippen molar-refractivity contribution in [3.63, 3.8) is 0 Å². The molecule has 0 atom stereocenters. The quantitative estimate of drug-likeness (QED) is 0.810. The van der Waals surface area contributed by atoms with Gasteiger partial charge in [0.2, 0.25) is 0 Å². The highest BCUT2D eigenvalue weighted by Gasteiger charge is 2.12. The molecule has 1 fully saturated rings. The van der Waals surface area contributed by atoms with Gasteiger partial charge in [0.1, 0.15) is 0 Å². The van der Waals surface area contributed by atoms with Crippen LogP contribution in [-0.2, 0) is 4.74 Å². The SMILES string of the molecule is CCOC(=O)c1cnc2ccc(N3CCCCC3)cc2c1. The van der Waals surface area contributed by atoms with Gasteiger partial charge in [-0.25, -0.2) is 4.79 Å². The van der Waals surface area contributed by atoms with Gasteiger partial charge in [-0.15, -0.1) is 0 Å². The number of ether oxygens (including phenoxy) is 1. The van der Waals surface area contributed by atoms with Crippen molar-refractivity contribution in [2.45, 2.75) is 26.2 Å². The van der Waals surface area contributed by atoms with Crippen LogP contribution in [0.5, 0.6) is 0 Å². The number of benzene rings is 1. The Hall–Kier alpha value is -2.10. The Kier molecular flexibility index (Phi) is 4.04. The van der Waals surface area contributed by atoms with Crippen LogP contribution in [0.3, 0.4) is 0 Å². The second-order valence-corrected chi connectivity index (χ2v) is 5.37.